The smallest absolute Gasteiger partial charge is 0.327 e. The number of rotatable bonds is 4. The SMILES string of the molecule is NC1CCCC1CCn1ccn(C2CC2)c1=O. The van der Waals surface area contributed by atoms with Gasteiger partial charge in [0.25, 0.3) is 0 Å². The monoisotopic (exact) mass is 235 g/mol. The van der Waals surface area contributed by atoms with Crippen molar-refractivity contribution in [3.8, 4) is 0 Å². The molecule has 17 heavy (non-hydrogen) atoms. The van der Waals surface area contributed by atoms with Crippen LogP contribution >= 0.6 is 0 Å². The predicted octanol–water partition coefficient (Wildman–Crippen LogP) is 1.50. The Balaban J connectivity index is 1.63. The van der Waals surface area contributed by atoms with Crippen LogP contribution in [0.3, 0.4) is 0 Å². The van der Waals surface area contributed by atoms with Gasteiger partial charge in [-0.3, -0.25) is 9.13 Å². The lowest BCUT2D eigenvalue weighted by Gasteiger charge is -2.14. The molecule has 3 rings (SSSR count). The molecule has 2 aliphatic carbocycles. The van der Waals surface area contributed by atoms with E-state index in [0.29, 0.717) is 18.0 Å². The van der Waals surface area contributed by atoms with Crippen LogP contribution in [0, 0.1) is 5.92 Å². The number of imidazole rings is 1. The molecule has 0 saturated heterocycles. The molecule has 0 radical (unpaired) electrons. The first-order valence-electron chi connectivity index (χ1n) is 6.78. The molecule has 0 amide bonds. The summed E-state index contributed by atoms with van der Waals surface area (Å²) in [5, 5.41) is 0. The second-order valence-electron chi connectivity index (χ2n) is 5.56. The van der Waals surface area contributed by atoms with Crippen LogP contribution in [0.15, 0.2) is 17.2 Å². The van der Waals surface area contributed by atoms with Gasteiger partial charge in [0.2, 0.25) is 0 Å². The molecular formula is C13H21N3O. The molecule has 0 spiro atoms. The Hall–Kier alpha value is -1.03. The number of nitrogens with two attached hydrogens (primary N) is 1. The predicted molar refractivity (Wildman–Crippen MR) is 66.9 cm³/mol. The van der Waals surface area contributed by atoms with E-state index in [-0.39, 0.29) is 5.69 Å². The standard InChI is InChI=1S/C13H21N3O/c14-12-3-1-2-10(12)6-7-15-8-9-16(13(15)17)11-4-5-11/h8-12H,1-7,14H2. The second-order valence-corrected chi connectivity index (χ2v) is 5.56. The second kappa shape index (κ2) is 4.33. The van der Waals surface area contributed by atoms with Gasteiger partial charge in [0.1, 0.15) is 0 Å². The number of aromatic nitrogens is 2. The lowest BCUT2D eigenvalue weighted by Crippen LogP contribution is -2.28. The highest BCUT2D eigenvalue weighted by Gasteiger charge is 2.26. The zero-order valence-corrected chi connectivity index (χ0v) is 10.2. The third-order valence-corrected chi connectivity index (χ3v) is 4.27. The summed E-state index contributed by atoms with van der Waals surface area (Å²) in [6.45, 7) is 0.830. The van der Waals surface area contributed by atoms with E-state index in [1.165, 1.54) is 12.8 Å². The van der Waals surface area contributed by atoms with Crippen molar-refractivity contribution in [2.75, 3.05) is 0 Å². The van der Waals surface area contributed by atoms with Crippen molar-refractivity contribution in [1.29, 1.82) is 0 Å². The van der Waals surface area contributed by atoms with Crippen molar-refractivity contribution >= 4 is 0 Å². The van der Waals surface area contributed by atoms with E-state index >= 15 is 0 Å². The van der Waals surface area contributed by atoms with Gasteiger partial charge in [-0.2, -0.15) is 0 Å². The van der Waals surface area contributed by atoms with Crippen LogP contribution in [0.25, 0.3) is 0 Å². The molecule has 94 valence electrons. The maximum absolute atomic E-state index is 12.0. The van der Waals surface area contributed by atoms with Crippen LogP contribution in [0.5, 0.6) is 0 Å². The van der Waals surface area contributed by atoms with E-state index in [4.69, 9.17) is 5.73 Å². The molecule has 1 heterocycles. The Kier molecular flexibility index (Phi) is 2.82. The molecule has 0 aromatic carbocycles. The highest BCUT2D eigenvalue weighted by molar-refractivity contribution is 4.91. The van der Waals surface area contributed by atoms with Gasteiger partial charge in [0, 0.05) is 31.0 Å². The van der Waals surface area contributed by atoms with Crippen molar-refractivity contribution in [3.63, 3.8) is 0 Å². The molecule has 4 nitrogen and oxygen atoms in total. The van der Waals surface area contributed by atoms with Crippen LogP contribution in [0.1, 0.15) is 44.6 Å². The first-order valence-corrected chi connectivity index (χ1v) is 6.78. The average molecular weight is 235 g/mol. The van der Waals surface area contributed by atoms with Crippen LogP contribution in [0.2, 0.25) is 0 Å². The molecule has 2 unspecified atom stereocenters. The van der Waals surface area contributed by atoms with Crippen molar-refractivity contribution in [2.45, 2.75) is 57.2 Å². The topological polar surface area (TPSA) is 52.9 Å². The van der Waals surface area contributed by atoms with Crippen molar-refractivity contribution < 1.29 is 0 Å². The van der Waals surface area contributed by atoms with Gasteiger partial charge in [-0.15, -0.1) is 0 Å². The Labute approximate surface area is 101 Å². The lowest BCUT2D eigenvalue weighted by molar-refractivity contribution is 0.410. The lowest BCUT2D eigenvalue weighted by atomic mass is 10.0. The molecule has 2 saturated carbocycles. The van der Waals surface area contributed by atoms with E-state index in [1.807, 2.05) is 21.5 Å². The van der Waals surface area contributed by atoms with E-state index in [2.05, 4.69) is 0 Å². The summed E-state index contributed by atoms with van der Waals surface area (Å²) >= 11 is 0. The minimum absolute atomic E-state index is 0.166. The number of nitrogens with zero attached hydrogens (tertiary/aromatic N) is 2. The van der Waals surface area contributed by atoms with Gasteiger partial charge in [-0.05, 0) is 38.0 Å². The summed E-state index contributed by atoms with van der Waals surface area (Å²) in [4.78, 5) is 12.0. The highest BCUT2D eigenvalue weighted by atomic mass is 16.1. The fourth-order valence-electron chi connectivity index (χ4n) is 2.96. The molecule has 2 atom stereocenters. The zero-order chi connectivity index (χ0) is 11.8. The Bertz CT molecular complexity index is 444. The van der Waals surface area contributed by atoms with Crippen LogP contribution in [-0.2, 0) is 6.54 Å². The van der Waals surface area contributed by atoms with Gasteiger partial charge in [-0.25, -0.2) is 4.79 Å². The van der Waals surface area contributed by atoms with Gasteiger partial charge < -0.3 is 5.73 Å². The zero-order valence-electron chi connectivity index (χ0n) is 10.2. The van der Waals surface area contributed by atoms with E-state index < -0.39 is 0 Å². The van der Waals surface area contributed by atoms with Gasteiger partial charge in [0.15, 0.2) is 0 Å². The number of aryl methyl sites for hydroxylation is 1. The molecule has 2 N–H and O–H groups in total. The summed E-state index contributed by atoms with van der Waals surface area (Å²) in [5.41, 5.74) is 6.22. The van der Waals surface area contributed by atoms with Gasteiger partial charge in [0.05, 0.1) is 0 Å². The largest absolute Gasteiger partial charge is 0.328 e. The van der Waals surface area contributed by atoms with Gasteiger partial charge in [-0.1, -0.05) is 6.42 Å². The number of hydrogen-bond donors (Lipinski definition) is 1. The van der Waals surface area contributed by atoms with Crippen LogP contribution in [-0.4, -0.2) is 15.2 Å². The van der Waals surface area contributed by atoms with Crippen molar-refractivity contribution in [3.05, 3.63) is 22.9 Å². The molecule has 0 bridgehead atoms. The third-order valence-electron chi connectivity index (χ3n) is 4.27. The first-order chi connectivity index (χ1) is 8.25. The minimum atomic E-state index is 0.166. The summed E-state index contributed by atoms with van der Waals surface area (Å²) < 4.78 is 3.73. The maximum atomic E-state index is 12.0. The quantitative estimate of drug-likeness (QED) is 0.860. The fraction of sp³-hybridized carbons (Fsp3) is 0.769. The summed E-state index contributed by atoms with van der Waals surface area (Å²) in [7, 11) is 0. The first kappa shape index (κ1) is 11.1. The Morgan fingerprint density at radius 1 is 1.24 bits per heavy atom. The van der Waals surface area contributed by atoms with Crippen molar-refractivity contribution in [1.82, 2.24) is 9.13 Å². The van der Waals surface area contributed by atoms with Crippen LogP contribution < -0.4 is 11.4 Å². The van der Waals surface area contributed by atoms with Crippen molar-refractivity contribution in [2.24, 2.45) is 11.7 Å². The molecule has 1 aromatic rings. The molecule has 2 fully saturated rings. The average Bonchev–Trinajstić information content (AvgIpc) is 2.98. The molecule has 1 aromatic heterocycles. The number of hydrogen-bond acceptors (Lipinski definition) is 2. The highest BCUT2D eigenvalue weighted by Crippen LogP contribution is 2.33. The molecular weight excluding hydrogens is 214 g/mol. The van der Waals surface area contributed by atoms with E-state index in [0.717, 1.165) is 32.2 Å². The molecule has 4 heteroatoms. The van der Waals surface area contributed by atoms with E-state index in [1.54, 1.807) is 0 Å². The van der Waals surface area contributed by atoms with Crippen LogP contribution in [0.4, 0.5) is 0 Å². The molecule has 0 aliphatic heterocycles. The third kappa shape index (κ3) is 2.18. The van der Waals surface area contributed by atoms with E-state index in [9.17, 15) is 4.79 Å². The fourth-order valence-corrected chi connectivity index (χ4v) is 2.96. The summed E-state index contributed by atoms with van der Waals surface area (Å²) in [6, 6.07) is 0.841. The van der Waals surface area contributed by atoms with Gasteiger partial charge >= 0.3 is 5.69 Å². The minimum Gasteiger partial charge on any atom is -0.327 e. The summed E-state index contributed by atoms with van der Waals surface area (Å²) in [5.74, 6) is 0.617. The maximum Gasteiger partial charge on any atom is 0.328 e. The molecule has 2 aliphatic rings. The normalized spacial score (nSPS) is 28.8. The summed E-state index contributed by atoms with van der Waals surface area (Å²) in [6.07, 6.45) is 10.9. The Morgan fingerprint density at radius 2 is 2.06 bits per heavy atom. The Morgan fingerprint density at radius 3 is 2.71 bits per heavy atom.